The second-order valence-electron chi connectivity index (χ2n) is 14.4. The zero-order valence-electron chi connectivity index (χ0n) is 38.8. The molecule has 5 nitrogen and oxygen atoms in total. The first-order valence-electron chi connectivity index (χ1n) is 21.5. The van der Waals surface area contributed by atoms with E-state index in [9.17, 15) is 0 Å². The molecule has 5 rings (SSSR count). The van der Waals surface area contributed by atoms with Crippen molar-refractivity contribution in [3.8, 4) is 0 Å². The summed E-state index contributed by atoms with van der Waals surface area (Å²) in [6, 6.07) is 31.6. The molecule has 0 saturated carbocycles. The van der Waals surface area contributed by atoms with Crippen LogP contribution in [0.15, 0.2) is 122 Å². The van der Waals surface area contributed by atoms with E-state index in [4.69, 9.17) is 0 Å². The molecule has 340 valence electrons. The molecule has 0 spiro atoms. The minimum atomic E-state index is 0. The van der Waals surface area contributed by atoms with Crippen LogP contribution in [0, 0.1) is 34.6 Å². The van der Waals surface area contributed by atoms with Crippen molar-refractivity contribution in [2.45, 2.75) is 166 Å². The Kier molecular flexibility index (Phi) is 48.9. The summed E-state index contributed by atoms with van der Waals surface area (Å²) >= 11 is 0. The molecule has 0 amide bonds. The Morgan fingerprint density at radius 1 is 0.267 bits per heavy atom. The summed E-state index contributed by atoms with van der Waals surface area (Å²) in [5, 5.41) is 0. The molecule has 5 aromatic heterocycles. The number of hydrogen-bond donors (Lipinski definition) is 0. The molecule has 5 heterocycles. The van der Waals surface area contributed by atoms with Crippen LogP contribution < -0.4 is 84.9 Å². The largest absolute Gasteiger partial charge is 1.00 e. The van der Waals surface area contributed by atoms with Crippen molar-refractivity contribution in [3.05, 3.63) is 150 Å². The van der Waals surface area contributed by atoms with E-state index >= 15 is 0 Å². The van der Waals surface area contributed by atoms with Gasteiger partial charge in [-0.3, -0.25) is 0 Å². The summed E-state index contributed by atoms with van der Waals surface area (Å²) in [7, 11) is 0. The molecule has 0 unspecified atom stereocenters. The van der Waals surface area contributed by atoms with Gasteiger partial charge in [0.05, 0.1) is 0 Å². The Hall–Kier alpha value is -2.80. The highest BCUT2D eigenvalue weighted by Crippen LogP contribution is 1.95. The quantitative estimate of drug-likeness (QED) is 0.0945. The molecule has 0 aliphatic rings. The van der Waals surface area contributed by atoms with Crippen LogP contribution in [0.2, 0.25) is 0 Å². The average molecular weight is 928 g/mol. The summed E-state index contributed by atoms with van der Waals surface area (Å²) in [5.74, 6) is 0. The summed E-state index contributed by atoms with van der Waals surface area (Å²) < 4.78 is 11.5. The molecule has 0 radical (unpaired) electrons. The lowest BCUT2D eigenvalue weighted by molar-refractivity contribution is -0.703. The van der Waals surface area contributed by atoms with Crippen LogP contribution in [-0.2, 0) is 32.7 Å². The summed E-state index contributed by atoms with van der Waals surface area (Å²) in [6.45, 7) is 27.6. The van der Waals surface area contributed by atoms with Crippen molar-refractivity contribution in [2.75, 3.05) is 0 Å². The average Bonchev–Trinajstić information content (AvgIpc) is 3.20. The Labute approximate surface area is 399 Å². The van der Waals surface area contributed by atoms with Crippen LogP contribution in [0.4, 0.5) is 0 Å². The van der Waals surface area contributed by atoms with E-state index < -0.39 is 0 Å². The molecule has 0 fully saturated rings. The standard InChI is InChI=1S/5C10H16N.5ClH/c5*1-3-4-8-11-9-6-5-7-10(11)2;;;;;/h5*5-7,9H,3-4,8H2,1-2H3;5*1H/q5*+1;;;;;/p-5. The van der Waals surface area contributed by atoms with Crippen molar-refractivity contribution >= 4 is 0 Å². The van der Waals surface area contributed by atoms with Gasteiger partial charge in [-0.25, -0.2) is 22.8 Å². The second-order valence-corrected chi connectivity index (χ2v) is 14.4. The zero-order chi connectivity index (χ0) is 40.5. The lowest BCUT2D eigenvalue weighted by Crippen LogP contribution is -3.00. The van der Waals surface area contributed by atoms with Gasteiger partial charge in [-0.2, -0.15) is 0 Å². The molecule has 0 aliphatic heterocycles. The summed E-state index contributed by atoms with van der Waals surface area (Å²) in [5.41, 5.74) is 6.74. The van der Waals surface area contributed by atoms with Crippen molar-refractivity contribution < 1.29 is 84.9 Å². The van der Waals surface area contributed by atoms with Crippen molar-refractivity contribution in [2.24, 2.45) is 0 Å². The van der Waals surface area contributed by atoms with Crippen LogP contribution in [-0.4, -0.2) is 0 Å². The van der Waals surface area contributed by atoms with E-state index in [2.05, 4.69) is 214 Å². The van der Waals surface area contributed by atoms with Gasteiger partial charge in [-0.1, -0.05) is 97.1 Å². The third-order valence-corrected chi connectivity index (χ3v) is 9.60. The minimum absolute atomic E-state index is 0. The smallest absolute Gasteiger partial charge is 0.178 e. The Morgan fingerprint density at radius 3 is 0.533 bits per heavy atom. The molecule has 5 aromatic rings. The number of unbranched alkanes of at least 4 members (excludes halogenated alkanes) is 5. The number of hydrogen-bond acceptors (Lipinski definition) is 0. The second kappa shape index (κ2) is 44.3. The van der Waals surface area contributed by atoms with E-state index in [0.29, 0.717) is 0 Å². The number of aryl methyl sites for hydroxylation is 10. The van der Waals surface area contributed by atoms with Gasteiger partial charge in [0, 0.05) is 127 Å². The molecule has 0 bridgehead atoms. The topological polar surface area (TPSA) is 19.4 Å². The highest BCUT2D eigenvalue weighted by Gasteiger charge is 2.04. The van der Waals surface area contributed by atoms with Gasteiger partial charge in [0.2, 0.25) is 0 Å². The fourth-order valence-corrected chi connectivity index (χ4v) is 5.71. The zero-order valence-corrected chi connectivity index (χ0v) is 42.6. The lowest BCUT2D eigenvalue weighted by Gasteiger charge is -1.97. The summed E-state index contributed by atoms with van der Waals surface area (Å²) in [4.78, 5) is 0. The van der Waals surface area contributed by atoms with Crippen LogP contribution in [0.5, 0.6) is 0 Å². The summed E-state index contributed by atoms with van der Waals surface area (Å²) in [6.07, 6.45) is 23.4. The van der Waals surface area contributed by atoms with Gasteiger partial charge >= 0.3 is 0 Å². The maximum atomic E-state index is 2.30. The molecule has 0 saturated heterocycles. The molecular weight excluding hydrogens is 848 g/mol. The molecule has 0 atom stereocenters. The van der Waals surface area contributed by atoms with Crippen LogP contribution in [0.1, 0.15) is 127 Å². The normalized spacial score (nSPS) is 9.17. The Balaban J connectivity index is -0.000000206. The number of halogens is 5. The fraction of sp³-hybridized carbons (Fsp3) is 0.500. The predicted octanol–water partition coefficient (Wildman–Crippen LogP) is -4.57. The third-order valence-electron chi connectivity index (χ3n) is 9.60. The first-order chi connectivity index (χ1) is 26.7. The first-order valence-corrected chi connectivity index (χ1v) is 21.5. The van der Waals surface area contributed by atoms with Crippen LogP contribution >= 0.6 is 0 Å². The maximum absolute atomic E-state index is 2.30. The Morgan fingerprint density at radius 2 is 0.417 bits per heavy atom. The molecule has 10 heteroatoms. The third kappa shape index (κ3) is 31.1. The van der Waals surface area contributed by atoms with Crippen molar-refractivity contribution in [3.63, 3.8) is 0 Å². The van der Waals surface area contributed by atoms with Gasteiger partial charge in [0.1, 0.15) is 32.7 Å². The monoisotopic (exact) mass is 925 g/mol. The number of aromatic nitrogens is 5. The SMILES string of the molecule is CCCC[n+]1ccccc1C.CCCC[n+]1ccccc1C.CCCC[n+]1ccccc1C.CCCC[n+]1ccccc1C.CCCC[n+]1ccccc1C.[Cl-].[Cl-].[Cl-].[Cl-].[Cl-]. The van der Waals surface area contributed by atoms with E-state index in [-0.39, 0.29) is 62.0 Å². The lowest BCUT2D eigenvalue weighted by atomic mass is 10.3. The van der Waals surface area contributed by atoms with Gasteiger partial charge < -0.3 is 62.0 Å². The van der Waals surface area contributed by atoms with E-state index in [0.717, 1.165) is 32.7 Å². The maximum Gasteiger partial charge on any atom is 0.178 e. The first kappa shape index (κ1) is 66.3. The van der Waals surface area contributed by atoms with Crippen molar-refractivity contribution in [1.82, 2.24) is 0 Å². The number of rotatable bonds is 15. The van der Waals surface area contributed by atoms with E-state index in [1.54, 1.807) is 0 Å². The molecule has 0 aromatic carbocycles. The minimum Gasteiger partial charge on any atom is -1.00 e. The van der Waals surface area contributed by atoms with Gasteiger partial charge in [-0.05, 0) is 0 Å². The van der Waals surface area contributed by atoms with Gasteiger partial charge in [0.15, 0.2) is 59.5 Å². The van der Waals surface area contributed by atoms with E-state index in [1.807, 2.05) is 0 Å². The predicted molar refractivity (Wildman–Crippen MR) is 231 cm³/mol. The van der Waals surface area contributed by atoms with Gasteiger partial charge in [0.25, 0.3) is 0 Å². The molecule has 0 N–H and O–H groups in total. The highest BCUT2D eigenvalue weighted by molar-refractivity contribution is 4.96. The van der Waals surface area contributed by atoms with Crippen LogP contribution in [0.25, 0.3) is 0 Å². The fourth-order valence-electron chi connectivity index (χ4n) is 5.71. The Bertz CT molecular complexity index is 1400. The van der Waals surface area contributed by atoms with Gasteiger partial charge in [-0.15, -0.1) is 0 Å². The van der Waals surface area contributed by atoms with Crippen molar-refractivity contribution in [1.29, 1.82) is 0 Å². The molecule has 60 heavy (non-hydrogen) atoms. The molecular formula is C50H80Cl5N5. The highest BCUT2D eigenvalue weighted by atomic mass is 35.5. The molecule has 0 aliphatic carbocycles. The number of pyridine rings is 5. The van der Waals surface area contributed by atoms with E-state index in [1.165, 1.54) is 92.7 Å². The van der Waals surface area contributed by atoms with Crippen LogP contribution in [0.3, 0.4) is 0 Å². The number of nitrogens with zero attached hydrogens (tertiary/aromatic N) is 5.